The molecule has 1 aromatic heterocycles. The summed E-state index contributed by atoms with van der Waals surface area (Å²) in [5.41, 5.74) is 17.5. The van der Waals surface area contributed by atoms with E-state index < -0.39 is 0 Å². The molecule has 0 N–H and O–H groups in total. The third kappa shape index (κ3) is 6.14. The van der Waals surface area contributed by atoms with Gasteiger partial charge in [0.1, 0.15) is 0 Å². The highest BCUT2D eigenvalue weighted by molar-refractivity contribution is 6.22. The second-order valence-corrected chi connectivity index (χ2v) is 15.1. The summed E-state index contributed by atoms with van der Waals surface area (Å²) in [4.78, 5) is 15.0. The van der Waals surface area contributed by atoms with Crippen molar-refractivity contribution in [1.29, 1.82) is 5.26 Å². The van der Waals surface area contributed by atoms with E-state index >= 15 is 0 Å². The van der Waals surface area contributed by atoms with Gasteiger partial charge in [0.15, 0.2) is 17.5 Å². The summed E-state index contributed by atoms with van der Waals surface area (Å²) in [5, 5.41) is 12.0. The summed E-state index contributed by atoms with van der Waals surface area (Å²) in [6.07, 6.45) is 0. The van der Waals surface area contributed by atoms with Gasteiger partial charge in [-0.15, -0.1) is 0 Å². The number of hydrogen-bond acceptors (Lipinski definition) is 4. The summed E-state index contributed by atoms with van der Waals surface area (Å²) in [7, 11) is 0. The molecule has 0 amide bonds. The number of benzene rings is 9. The monoisotopic (exact) mass is 762 g/mol. The predicted octanol–water partition coefficient (Wildman–Crippen LogP) is 14.2. The zero-order valence-electron chi connectivity index (χ0n) is 32.4. The Morgan fingerprint density at radius 3 is 1.18 bits per heavy atom. The first-order chi connectivity index (χ1) is 29.7. The number of nitriles is 1. The van der Waals surface area contributed by atoms with Crippen molar-refractivity contribution in [2.45, 2.75) is 0 Å². The van der Waals surface area contributed by atoms with Crippen molar-refractivity contribution in [2.75, 3.05) is 0 Å². The van der Waals surface area contributed by atoms with Crippen LogP contribution in [0.2, 0.25) is 0 Å². The minimum atomic E-state index is 0.623. The topological polar surface area (TPSA) is 62.5 Å². The molecule has 4 heteroatoms. The van der Waals surface area contributed by atoms with E-state index in [-0.39, 0.29) is 0 Å². The van der Waals surface area contributed by atoms with Crippen LogP contribution in [0.1, 0.15) is 5.56 Å². The van der Waals surface area contributed by atoms with Crippen LogP contribution in [0.15, 0.2) is 206 Å². The van der Waals surface area contributed by atoms with E-state index in [0.717, 1.165) is 55.6 Å². The Bertz CT molecular complexity index is 3250. The van der Waals surface area contributed by atoms with Gasteiger partial charge in [0.2, 0.25) is 0 Å². The van der Waals surface area contributed by atoms with E-state index in [2.05, 4.69) is 164 Å². The fourth-order valence-corrected chi connectivity index (χ4v) is 8.58. The molecule has 60 heavy (non-hydrogen) atoms. The molecule has 0 unspecified atom stereocenters. The van der Waals surface area contributed by atoms with E-state index in [4.69, 9.17) is 15.0 Å². The highest BCUT2D eigenvalue weighted by atomic mass is 15.0. The molecule has 0 saturated heterocycles. The van der Waals surface area contributed by atoms with E-state index in [9.17, 15) is 5.26 Å². The van der Waals surface area contributed by atoms with Gasteiger partial charge in [-0.1, -0.05) is 188 Å². The number of fused-ring (bicyclic) bond motifs is 3. The summed E-state index contributed by atoms with van der Waals surface area (Å²) in [5.74, 6) is 1.89. The first-order valence-electron chi connectivity index (χ1n) is 20.1. The zero-order valence-corrected chi connectivity index (χ0v) is 32.4. The van der Waals surface area contributed by atoms with Gasteiger partial charge in [-0.2, -0.15) is 5.26 Å². The second-order valence-electron chi connectivity index (χ2n) is 15.1. The first kappa shape index (κ1) is 34.9. The van der Waals surface area contributed by atoms with Crippen molar-refractivity contribution in [1.82, 2.24) is 15.0 Å². The molecular weight excluding hydrogens is 729 g/mol. The average molecular weight is 763 g/mol. The Kier molecular flexibility index (Phi) is 8.50. The van der Waals surface area contributed by atoms with Crippen molar-refractivity contribution < 1.29 is 0 Å². The van der Waals surface area contributed by atoms with Crippen LogP contribution in [-0.2, 0) is 0 Å². The molecule has 0 bridgehead atoms. The fraction of sp³-hybridized carbons (Fsp3) is 0. The lowest BCUT2D eigenvalue weighted by molar-refractivity contribution is 1.07. The van der Waals surface area contributed by atoms with Gasteiger partial charge >= 0.3 is 0 Å². The predicted molar refractivity (Wildman–Crippen MR) is 245 cm³/mol. The van der Waals surface area contributed by atoms with E-state index in [1.165, 1.54) is 38.6 Å². The number of hydrogen-bond donors (Lipinski definition) is 0. The smallest absolute Gasteiger partial charge is 0.164 e. The third-order valence-corrected chi connectivity index (χ3v) is 11.6. The second kappa shape index (κ2) is 14.6. The molecule has 9 aromatic carbocycles. The van der Waals surface area contributed by atoms with Gasteiger partial charge in [-0.25, -0.2) is 15.0 Å². The van der Waals surface area contributed by atoms with E-state index in [1.807, 2.05) is 48.5 Å². The average Bonchev–Trinajstić information content (AvgIpc) is 3.66. The van der Waals surface area contributed by atoms with Crippen LogP contribution >= 0.6 is 0 Å². The van der Waals surface area contributed by atoms with Crippen molar-refractivity contribution >= 4 is 10.8 Å². The van der Waals surface area contributed by atoms with E-state index in [1.54, 1.807) is 0 Å². The molecule has 0 aliphatic heterocycles. The lowest BCUT2D eigenvalue weighted by Crippen LogP contribution is -2.00. The van der Waals surface area contributed by atoms with Gasteiger partial charge in [0, 0.05) is 16.7 Å². The molecule has 1 aliphatic rings. The number of nitrogens with zero attached hydrogens (tertiary/aromatic N) is 4. The van der Waals surface area contributed by atoms with Crippen molar-refractivity contribution in [3.63, 3.8) is 0 Å². The zero-order chi connectivity index (χ0) is 40.0. The Balaban J connectivity index is 0.955. The molecular formula is C56H34N4. The van der Waals surface area contributed by atoms with Crippen LogP contribution in [0.25, 0.3) is 112 Å². The standard InChI is InChI=1S/C56H34N4/c57-35-36-18-20-40(21-19-36)46-30-32-50-48-16-7-8-17-49(48)51-33-31-47(52(46)53(50)51)41-26-22-38(23-27-41)39-24-28-43(29-25-39)55-58-54(42-12-5-2-6-13-42)59-56(60-55)45-15-9-14-44(34-45)37-10-3-1-4-11-37/h1-34H. The van der Waals surface area contributed by atoms with Crippen LogP contribution in [0.3, 0.4) is 0 Å². The van der Waals surface area contributed by atoms with Gasteiger partial charge in [-0.05, 0) is 95.7 Å². The molecule has 0 fully saturated rings. The summed E-state index contributed by atoms with van der Waals surface area (Å²) in [6.45, 7) is 0. The SMILES string of the molecule is N#Cc1ccc(-c2ccc3c4c(ccc(-c5ccc(-c6ccc(-c7nc(-c8ccccc8)nc(-c8cccc(-c9ccccc9)c8)n7)cc6)cc5)c24)-c2ccccc2-3)cc1. The molecule has 4 nitrogen and oxygen atoms in total. The van der Waals surface area contributed by atoms with Crippen molar-refractivity contribution in [3.8, 4) is 107 Å². The van der Waals surface area contributed by atoms with Gasteiger partial charge < -0.3 is 0 Å². The van der Waals surface area contributed by atoms with Crippen LogP contribution in [-0.4, -0.2) is 15.0 Å². The maximum absolute atomic E-state index is 9.49. The van der Waals surface area contributed by atoms with Crippen molar-refractivity contribution in [2.24, 2.45) is 0 Å². The Morgan fingerprint density at radius 1 is 0.267 bits per heavy atom. The minimum Gasteiger partial charge on any atom is -0.208 e. The lowest BCUT2D eigenvalue weighted by Gasteiger charge is -2.15. The largest absolute Gasteiger partial charge is 0.208 e. The fourth-order valence-electron chi connectivity index (χ4n) is 8.58. The summed E-state index contributed by atoms with van der Waals surface area (Å²) >= 11 is 0. The normalized spacial score (nSPS) is 11.3. The molecule has 0 spiro atoms. The minimum absolute atomic E-state index is 0.623. The van der Waals surface area contributed by atoms with Gasteiger partial charge in [-0.3, -0.25) is 0 Å². The maximum atomic E-state index is 9.49. The molecule has 1 aliphatic carbocycles. The molecule has 10 aromatic rings. The third-order valence-electron chi connectivity index (χ3n) is 11.6. The summed E-state index contributed by atoms with van der Waals surface area (Å²) < 4.78 is 0. The Hall–Kier alpha value is -8.26. The molecule has 0 saturated carbocycles. The van der Waals surface area contributed by atoms with Crippen LogP contribution in [0, 0.1) is 11.3 Å². The Morgan fingerprint density at radius 2 is 0.633 bits per heavy atom. The molecule has 278 valence electrons. The van der Waals surface area contributed by atoms with Crippen LogP contribution in [0.5, 0.6) is 0 Å². The molecule has 11 rings (SSSR count). The quantitative estimate of drug-likeness (QED) is 0.162. The molecule has 1 heterocycles. The van der Waals surface area contributed by atoms with Gasteiger partial charge in [0.05, 0.1) is 11.6 Å². The first-order valence-corrected chi connectivity index (χ1v) is 20.1. The van der Waals surface area contributed by atoms with Crippen LogP contribution < -0.4 is 0 Å². The van der Waals surface area contributed by atoms with Gasteiger partial charge in [0.25, 0.3) is 0 Å². The molecule has 0 radical (unpaired) electrons. The number of rotatable bonds is 7. The van der Waals surface area contributed by atoms with Crippen LogP contribution in [0.4, 0.5) is 0 Å². The Labute approximate surface area is 348 Å². The summed E-state index contributed by atoms with van der Waals surface area (Å²) in [6, 6.07) is 74.1. The maximum Gasteiger partial charge on any atom is 0.164 e. The highest BCUT2D eigenvalue weighted by Crippen LogP contribution is 2.52. The number of aromatic nitrogens is 3. The van der Waals surface area contributed by atoms with E-state index in [0.29, 0.717) is 23.0 Å². The molecule has 0 atom stereocenters. The van der Waals surface area contributed by atoms with Crippen molar-refractivity contribution in [3.05, 3.63) is 212 Å². The highest BCUT2D eigenvalue weighted by Gasteiger charge is 2.25. The lowest BCUT2D eigenvalue weighted by atomic mass is 9.88.